The first-order valence-electron chi connectivity index (χ1n) is 5.85. The zero-order valence-electron chi connectivity index (χ0n) is 9.91. The SMILES string of the molecule is COCC(CCN)NC(=O)C1CCOCC1. The Balaban J connectivity index is 2.33. The quantitative estimate of drug-likeness (QED) is 0.668. The Bertz CT molecular complexity index is 199. The molecule has 1 saturated heterocycles. The summed E-state index contributed by atoms with van der Waals surface area (Å²) in [6.07, 6.45) is 2.38. The number of ether oxygens (including phenoxy) is 2. The van der Waals surface area contributed by atoms with Crippen LogP contribution in [-0.4, -0.2) is 45.4 Å². The van der Waals surface area contributed by atoms with Crippen LogP contribution in [0.15, 0.2) is 0 Å². The molecule has 1 rings (SSSR count). The van der Waals surface area contributed by atoms with Crippen LogP contribution >= 0.6 is 0 Å². The number of rotatable bonds is 6. The minimum absolute atomic E-state index is 0.0327. The number of methoxy groups -OCH3 is 1. The van der Waals surface area contributed by atoms with Crippen molar-refractivity contribution in [3.05, 3.63) is 0 Å². The van der Waals surface area contributed by atoms with E-state index in [4.69, 9.17) is 15.2 Å². The summed E-state index contributed by atoms with van der Waals surface area (Å²) >= 11 is 0. The van der Waals surface area contributed by atoms with Crippen LogP contribution in [0.1, 0.15) is 19.3 Å². The van der Waals surface area contributed by atoms with Crippen molar-refractivity contribution in [3.8, 4) is 0 Å². The van der Waals surface area contributed by atoms with Gasteiger partial charge in [-0.1, -0.05) is 0 Å². The lowest BCUT2D eigenvalue weighted by atomic mass is 9.99. The molecular weight excluding hydrogens is 208 g/mol. The molecule has 3 N–H and O–H groups in total. The minimum Gasteiger partial charge on any atom is -0.383 e. The molecule has 1 atom stereocenters. The van der Waals surface area contributed by atoms with Crippen molar-refractivity contribution in [3.63, 3.8) is 0 Å². The van der Waals surface area contributed by atoms with E-state index >= 15 is 0 Å². The first-order chi connectivity index (χ1) is 7.77. The zero-order chi connectivity index (χ0) is 11.8. The highest BCUT2D eigenvalue weighted by atomic mass is 16.5. The van der Waals surface area contributed by atoms with Gasteiger partial charge < -0.3 is 20.5 Å². The normalized spacial score (nSPS) is 19.4. The fraction of sp³-hybridized carbons (Fsp3) is 0.909. The van der Waals surface area contributed by atoms with E-state index < -0.39 is 0 Å². The van der Waals surface area contributed by atoms with Gasteiger partial charge in [-0.2, -0.15) is 0 Å². The van der Waals surface area contributed by atoms with E-state index in [0.717, 1.165) is 19.3 Å². The van der Waals surface area contributed by atoms with Gasteiger partial charge in [0, 0.05) is 26.2 Å². The minimum atomic E-state index is 0.0327. The molecule has 0 radical (unpaired) electrons. The first kappa shape index (κ1) is 13.4. The number of nitrogens with two attached hydrogens (primary N) is 1. The summed E-state index contributed by atoms with van der Waals surface area (Å²) in [5, 5.41) is 2.99. The fourth-order valence-electron chi connectivity index (χ4n) is 1.88. The van der Waals surface area contributed by atoms with Crippen molar-refractivity contribution in [2.45, 2.75) is 25.3 Å². The summed E-state index contributed by atoms with van der Waals surface area (Å²) < 4.78 is 10.3. The summed E-state index contributed by atoms with van der Waals surface area (Å²) in [6, 6.07) is 0.0327. The maximum Gasteiger partial charge on any atom is 0.223 e. The second-order valence-electron chi connectivity index (χ2n) is 4.12. The molecule has 0 bridgehead atoms. The van der Waals surface area contributed by atoms with Crippen LogP contribution < -0.4 is 11.1 Å². The number of hydrogen-bond donors (Lipinski definition) is 2. The van der Waals surface area contributed by atoms with Gasteiger partial charge in [0.25, 0.3) is 0 Å². The highest BCUT2D eigenvalue weighted by molar-refractivity contribution is 5.79. The van der Waals surface area contributed by atoms with Crippen molar-refractivity contribution < 1.29 is 14.3 Å². The second kappa shape index (κ2) is 7.60. The van der Waals surface area contributed by atoms with Crippen LogP contribution in [0.25, 0.3) is 0 Å². The lowest BCUT2D eigenvalue weighted by Gasteiger charge is -2.24. The average Bonchev–Trinajstić information content (AvgIpc) is 2.31. The van der Waals surface area contributed by atoms with E-state index in [0.29, 0.717) is 26.4 Å². The fourth-order valence-corrected chi connectivity index (χ4v) is 1.88. The number of carbonyl (C=O) groups excluding carboxylic acids is 1. The summed E-state index contributed by atoms with van der Waals surface area (Å²) in [7, 11) is 1.63. The van der Waals surface area contributed by atoms with E-state index in [2.05, 4.69) is 5.32 Å². The van der Waals surface area contributed by atoms with Crippen molar-refractivity contribution in [2.75, 3.05) is 33.5 Å². The number of hydrogen-bond acceptors (Lipinski definition) is 4. The summed E-state index contributed by atoms with van der Waals surface area (Å²) in [6.45, 7) is 2.45. The summed E-state index contributed by atoms with van der Waals surface area (Å²) in [5.41, 5.74) is 5.49. The molecule has 16 heavy (non-hydrogen) atoms. The third-order valence-corrected chi connectivity index (χ3v) is 2.82. The topological polar surface area (TPSA) is 73.6 Å². The van der Waals surface area contributed by atoms with Gasteiger partial charge in [-0.25, -0.2) is 0 Å². The van der Waals surface area contributed by atoms with E-state index in [1.165, 1.54) is 0 Å². The Kier molecular flexibility index (Phi) is 6.37. The lowest BCUT2D eigenvalue weighted by Crippen LogP contribution is -2.43. The number of amides is 1. The molecule has 1 unspecified atom stereocenters. The second-order valence-corrected chi connectivity index (χ2v) is 4.12. The van der Waals surface area contributed by atoms with Crippen LogP contribution in [0, 0.1) is 5.92 Å². The molecule has 0 saturated carbocycles. The smallest absolute Gasteiger partial charge is 0.223 e. The summed E-state index contributed by atoms with van der Waals surface area (Å²) in [5.74, 6) is 0.199. The third kappa shape index (κ3) is 4.47. The van der Waals surface area contributed by atoms with E-state index in [9.17, 15) is 4.79 Å². The highest BCUT2D eigenvalue weighted by Crippen LogP contribution is 2.14. The Labute approximate surface area is 96.7 Å². The van der Waals surface area contributed by atoms with Crippen molar-refractivity contribution >= 4 is 5.91 Å². The van der Waals surface area contributed by atoms with Crippen molar-refractivity contribution in [1.29, 1.82) is 0 Å². The van der Waals surface area contributed by atoms with Crippen LogP contribution in [0.3, 0.4) is 0 Å². The molecule has 1 aliphatic heterocycles. The standard InChI is InChI=1S/C11H22N2O3/c1-15-8-10(2-5-12)13-11(14)9-3-6-16-7-4-9/h9-10H,2-8,12H2,1H3,(H,13,14). The van der Waals surface area contributed by atoms with Crippen molar-refractivity contribution in [2.24, 2.45) is 11.7 Å². The molecule has 1 amide bonds. The maximum atomic E-state index is 11.9. The molecule has 0 spiro atoms. The molecule has 94 valence electrons. The van der Waals surface area contributed by atoms with Crippen LogP contribution in [0.5, 0.6) is 0 Å². The predicted octanol–water partition coefficient (Wildman–Crippen LogP) is -0.107. The lowest BCUT2D eigenvalue weighted by molar-refractivity contribution is -0.129. The zero-order valence-corrected chi connectivity index (χ0v) is 9.91. The van der Waals surface area contributed by atoms with Crippen LogP contribution in [-0.2, 0) is 14.3 Å². The third-order valence-electron chi connectivity index (χ3n) is 2.82. The molecule has 0 aromatic carbocycles. The Hall–Kier alpha value is -0.650. The molecular formula is C11H22N2O3. The molecule has 1 fully saturated rings. The predicted molar refractivity (Wildman–Crippen MR) is 61.0 cm³/mol. The number of carbonyl (C=O) groups is 1. The number of nitrogens with one attached hydrogen (secondary N) is 1. The molecule has 0 aromatic heterocycles. The average molecular weight is 230 g/mol. The van der Waals surface area contributed by atoms with Gasteiger partial charge in [0.2, 0.25) is 5.91 Å². The molecule has 0 aromatic rings. The summed E-state index contributed by atoms with van der Waals surface area (Å²) in [4.78, 5) is 11.9. The molecule has 1 heterocycles. The van der Waals surface area contributed by atoms with E-state index in [1.54, 1.807) is 7.11 Å². The monoisotopic (exact) mass is 230 g/mol. The van der Waals surface area contributed by atoms with E-state index in [-0.39, 0.29) is 17.9 Å². The van der Waals surface area contributed by atoms with Gasteiger partial charge in [-0.15, -0.1) is 0 Å². The van der Waals surface area contributed by atoms with Gasteiger partial charge in [0.15, 0.2) is 0 Å². The largest absolute Gasteiger partial charge is 0.383 e. The van der Waals surface area contributed by atoms with Crippen LogP contribution in [0.4, 0.5) is 0 Å². The molecule has 0 aliphatic carbocycles. The maximum absolute atomic E-state index is 11.9. The van der Waals surface area contributed by atoms with Gasteiger partial charge in [-0.05, 0) is 25.8 Å². The molecule has 5 nitrogen and oxygen atoms in total. The van der Waals surface area contributed by atoms with Crippen molar-refractivity contribution in [1.82, 2.24) is 5.32 Å². The van der Waals surface area contributed by atoms with Gasteiger partial charge in [0.1, 0.15) is 0 Å². The van der Waals surface area contributed by atoms with E-state index in [1.807, 2.05) is 0 Å². The molecule has 1 aliphatic rings. The first-order valence-corrected chi connectivity index (χ1v) is 5.85. The Morgan fingerprint density at radius 3 is 2.81 bits per heavy atom. The van der Waals surface area contributed by atoms with Gasteiger partial charge >= 0.3 is 0 Å². The van der Waals surface area contributed by atoms with Crippen LogP contribution in [0.2, 0.25) is 0 Å². The Morgan fingerprint density at radius 2 is 2.25 bits per heavy atom. The Morgan fingerprint density at radius 1 is 1.56 bits per heavy atom. The molecule has 5 heteroatoms. The van der Waals surface area contributed by atoms with Gasteiger partial charge in [-0.3, -0.25) is 4.79 Å². The highest BCUT2D eigenvalue weighted by Gasteiger charge is 2.23. The van der Waals surface area contributed by atoms with Gasteiger partial charge in [0.05, 0.1) is 12.6 Å².